The molecule has 0 radical (unpaired) electrons. The van der Waals surface area contributed by atoms with E-state index in [0.717, 1.165) is 36.3 Å². The van der Waals surface area contributed by atoms with Gasteiger partial charge >= 0.3 is 6.03 Å². The number of nitrogens with two attached hydrogens (primary N) is 1. The summed E-state index contributed by atoms with van der Waals surface area (Å²) in [5, 5.41) is 2.96. The zero-order valence-electron chi connectivity index (χ0n) is 12.8. The number of nitrogens with one attached hydrogen (secondary N) is 1. The number of carbonyl (C=O) groups is 1. The van der Waals surface area contributed by atoms with Crippen LogP contribution in [0.25, 0.3) is 0 Å². The largest absolute Gasteiger partial charge is 0.324 e. The van der Waals surface area contributed by atoms with Crippen molar-refractivity contribution < 1.29 is 4.79 Å². The number of rotatable bonds is 1. The number of carbonyl (C=O) groups excluding carboxylic acids is 1. The lowest BCUT2D eigenvalue weighted by molar-refractivity contribution is 0.182. The Morgan fingerprint density at radius 2 is 2.33 bits per heavy atom. The monoisotopic (exact) mass is 285 g/mol. The third-order valence-electron chi connectivity index (χ3n) is 3.76. The molecule has 1 unspecified atom stereocenters. The van der Waals surface area contributed by atoms with E-state index in [-0.39, 0.29) is 6.03 Å². The molecule has 1 aromatic carbocycles. The molecule has 1 fully saturated rings. The lowest BCUT2D eigenvalue weighted by atomic mass is 10.0. The van der Waals surface area contributed by atoms with Gasteiger partial charge in [-0.2, -0.15) is 0 Å². The van der Waals surface area contributed by atoms with Crippen molar-refractivity contribution in [1.82, 2.24) is 4.90 Å². The number of likely N-dealkylation sites (tertiary alicyclic amines) is 1. The molecule has 1 aliphatic heterocycles. The van der Waals surface area contributed by atoms with Crippen LogP contribution in [0.4, 0.5) is 10.5 Å². The van der Waals surface area contributed by atoms with Crippen molar-refractivity contribution in [3.63, 3.8) is 0 Å². The van der Waals surface area contributed by atoms with Gasteiger partial charge in [0.2, 0.25) is 0 Å². The topological polar surface area (TPSA) is 58.4 Å². The Labute approximate surface area is 126 Å². The van der Waals surface area contributed by atoms with E-state index in [1.807, 2.05) is 30.0 Å². The highest BCUT2D eigenvalue weighted by Crippen LogP contribution is 2.18. The van der Waals surface area contributed by atoms with Crippen molar-refractivity contribution in [2.75, 3.05) is 25.0 Å². The average Bonchev–Trinajstić information content (AvgIpc) is 2.47. The molecule has 2 rings (SSSR count). The molecule has 0 aromatic heterocycles. The van der Waals surface area contributed by atoms with Crippen LogP contribution >= 0.6 is 0 Å². The highest BCUT2D eigenvalue weighted by Gasteiger charge is 2.20. The smallest absolute Gasteiger partial charge is 0.321 e. The fourth-order valence-corrected chi connectivity index (χ4v) is 2.56. The second-order valence-electron chi connectivity index (χ2n) is 5.66. The van der Waals surface area contributed by atoms with Crippen molar-refractivity contribution in [2.45, 2.75) is 26.7 Å². The van der Waals surface area contributed by atoms with Crippen LogP contribution in [-0.2, 0) is 0 Å². The van der Waals surface area contributed by atoms with Gasteiger partial charge in [0.15, 0.2) is 0 Å². The lowest BCUT2D eigenvalue weighted by Crippen LogP contribution is -2.41. The minimum Gasteiger partial charge on any atom is -0.324 e. The van der Waals surface area contributed by atoms with Gasteiger partial charge in [0.05, 0.1) is 6.54 Å². The van der Waals surface area contributed by atoms with E-state index in [4.69, 9.17) is 5.73 Å². The molecule has 1 saturated heterocycles. The predicted molar refractivity (Wildman–Crippen MR) is 86.1 cm³/mol. The van der Waals surface area contributed by atoms with Crippen molar-refractivity contribution >= 4 is 11.7 Å². The Hall–Kier alpha value is -1.99. The van der Waals surface area contributed by atoms with Crippen molar-refractivity contribution in [3.05, 3.63) is 29.3 Å². The summed E-state index contributed by atoms with van der Waals surface area (Å²) in [5.74, 6) is 6.46. The maximum atomic E-state index is 12.3. The number of nitrogens with zero attached hydrogens (tertiary/aromatic N) is 1. The van der Waals surface area contributed by atoms with Gasteiger partial charge in [-0.05, 0) is 43.4 Å². The normalized spacial score (nSPS) is 17.9. The molecule has 4 heteroatoms. The van der Waals surface area contributed by atoms with Crippen LogP contribution in [0.5, 0.6) is 0 Å². The van der Waals surface area contributed by atoms with E-state index in [1.165, 1.54) is 6.42 Å². The van der Waals surface area contributed by atoms with E-state index in [0.29, 0.717) is 12.5 Å². The summed E-state index contributed by atoms with van der Waals surface area (Å²) < 4.78 is 0. The first-order valence-corrected chi connectivity index (χ1v) is 7.45. The number of benzene rings is 1. The van der Waals surface area contributed by atoms with Crippen LogP contribution < -0.4 is 11.1 Å². The predicted octanol–water partition coefficient (Wildman–Crippen LogP) is 2.57. The molecule has 0 aliphatic carbocycles. The summed E-state index contributed by atoms with van der Waals surface area (Å²) in [6.07, 6.45) is 2.28. The van der Waals surface area contributed by atoms with Crippen LogP contribution in [-0.4, -0.2) is 30.6 Å². The molecular weight excluding hydrogens is 262 g/mol. The molecule has 1 aromatic rings. The molecule has 0 bridgehead atoms. The molecule has 1 aliphatic rings. The maximum absolute atomic E-state index is 12.3. The summed E-state index contributed by atoms with van der Waals surface area (Å²) >= 11 is 0. The molecule has 1 atom stereocenters. The van der Waals surface area contributed by atoms with Gasteiger partial charge in [-0.1, -0.05) is 24.8 Å². The number of aryl methyl sites for hydroxylation is 1. The SMILES string of the molecule is Cc1ccc(NC(=O)N2CCCC(C)C2)cc1C#CCN. The second-order valence-corrected chi connectivity index (χ2v) is 5.66. The van der Waals surface area contributed by atoms with Crippen LogP contribution in [0.1, 0.15) is 30.9 Å². The quantitative estimate of drug-likeness (QED) is 0.779. The number of hydrogen-bond acceptors (Lipinski definition) is 2. The molecule has 1 heterocycles. The van der Waals surface area contributed by atoms with Gasteiger partial charge in [-0.3, -0.25) is 0 Å². The highest BCUT2D eigenvalue weighted by molar-refractivity contribution is 5.89. The number of hydrogen-bond donors (Lipinski definition) is 2. The third kappa shape index (κ3) is 4.24. The van der Waals surface area contributed by atoms with Crippen molar-refractivity contribution in [1.29, 1.82) is 0 Å². The third-order valence-corrected chi connectivity index (χ3v) is 3.76. The Kier molecular flexibility index (Phi) is 5.24. The number of amides is 2. The number of piperidine rings is 1. The van der Waals surface area contributed by atoms with E-state index in [2.05, 4.69) is 24.1 Å². The minimum atomic E-state index is -0.0249. The zero-order chi connectivity index (χ0) is 15.2. The Morgan fingerprint density at radius 3 is 3.05 bits per heavy atom. The highest BCUT2D eigenvalue weighted by atomic mass is 16.2. The molecule has 2 amide bonds. The number of anilines is 1. The maximum Gasteiger partial charge on any atom is 0.321 e. The molecule has 0 saturated carbocycles. The van der Waals surface area contributed by atoms with Crippen LogP contribution in [0, 0.1) is 24.7 Å². The van der Waals surface area contributed by atoms with Gasteiger partial charge in [-0.15, -0.1) is 0 Å². The minimum absolute atomic E-state index is 0.0249. The fraction of sp³-hybridized carbons (Fsp3) is 0.471. The summed E-state index contributed by atoms with van der Waals surface area (Å²) in [7, 11) is 0. The molecule has 112 valence electrons. The van der Waals surface area contributed by atoms with Crippen LogP contribution in [0.15, 0.2) is 18.2 Å². The standard InChI is InChI=1S/C17H23N3O/c1-13-5-4-10-20(12-13)17(21)19-16-8-7-14(2)15(11-16)6-3-9-18/h7-8,11,13H,4-5,9-10,12,18H2,1-2H3,(H,19,21). The van der Waals surface area contributed by atoms with E-state index in [9.17, 15) is 4.79 Å². The molecule has 0 spiro atoms. The number of urea groups is 1. The van der Waals surface area contributed by atoms with Crippen molar-refractivity contribution in [2.24, 2.45) is 11.7 Å². The summed E-state index contributed by atoms with van der Waals surface area (Å²) in [4.78, 5) is 14.2. The van der Waals surface area contributed by atoms with Gasteiger partial charge < -0.3 is 16.0 Å². The van der Waals surface area contributed by atoms with E-state index >= 15 is 0 Å². The Balaban J connectivity index is 2.07. The summed E-state index contributed by atoms with van der Waals surface area (Å²) in [5.41, 5.74) is 8.18. The lowest BCUT2D eigenvalue weighted by Gasteiger charge is -2.31. The van der Waals surface area contributed by atoms with E-state index in [1.54, 1.807) is 0 Å². The van der Waals surface area contributed by atoms with E-state index < -0.39 is 0 Å². The average molecular weight is 285 g/mol. The summed E-state index contributed by atoms with van der Waals surface area (Å²) in [6.45, 7) is 6.19. The first-order valence-electron chi connectivity index (χ1n) is 7.45. The molecule has 3 N–H and O–H groups in total. The van der Waals surface area contributed by atoms with Crippen LogP contribution in [0.2, 0.25) is 0 Å². The summed E-state index contributed by atoms with van der Waals surface area (Å²) in [6, 6.07) is 5.76. The van der Waals surface area contributed by atoms with Crippen LogP contribution in [0.3, 0.4) is 0 Å². The Morgan fingerprint density at radius 1 is 1.52 bits per heavy atom. The Bertz CT molecular complexity index is 571. The van der Waals surface area contributed by atoms with Gasteiger partial charge in [-0.25, -0.2) is 4.79 Å². The van der Waals surface area contributed by atoms with Gasteiger partial charge in [0.25, 0.3) is 0 Å². The first-order chi connectivity index (χ1) is 10.1. The first kappa shape index (κ1) is 15.4. The van der Waals surface area contributed by atoms with Gasteiger partial charge in [0, 0.05) is 24.3 Å². The van der Waals surface area contributed by atoms with Gasteiger partial charge in [0.1, 0.15) is 0 Å². The molecule has 21 heavy (non-hydrogen) atoms. The fourth-order valence-electron chi connectivity index (χ4n) is 2.56. The molecule has 4 nitrogen and oxygen atoms in total. The second kappa shape index (κ2) is 7.14. The van der Waals surface area contributed by atoms with Crippen molar-refractivity contribution in [3.8, 4) is 11.8 Å². The molecular formula is C17H23N3O. The zero-order valence-corrected chi connectivity index (χ0v) is 12.8.